The molecule has 0 aromatic rings. The minimum atomic E-state index is -0.987. The van der Waals surface area contributed by atoms with Gasteiger partial charge in [-0.05, 0) is 20.8 Å². The second-order valence-electron chi connectivity index (χ2n) is 3.64. The van der Waals surface area contributed by atoms with Crippen LogP contribution in [0.2, 0.25) is 0 Å². The molecule has 80 valence electrons. The van der Waals surface area contributed by atoms with Crippen LogP contribution < -0.4 is 5.32 Å². The Morgan fingerprint density at radius 3 is 2.43 bits per heavy atom. The number of ether oxygens (including phenoxy) is 1. The van der Waals surface area contributed by atoms with Gasteiger partial charge in [-0.15, -0.1) is 0 Å². The second-order valence-corrected chi connectivity index (χ2v) is 3.64. The van der Waals surface area contributed by atoms with Gasteiger partial charge in [-0.1, -0.05) is 0 Å². The Morgan fingerprint density at radius 1 is 1.43 bits per heavy atom. The van der Waals surface area contributed by atoms with Gasteiger partial charge in [0.2, 0.25) is 0 Å². The number of hydrogen-bond acceptors (Lipinski definition) is 4. The molecule has 0 heterocycles. The van der Waals surface area contributed by atoms with E-state index in [0.717, 1.165) is 6.08 Å². The zero-order valence-electron chi connectivity index (χ0n) is 8.53. The zero-order valence-corrected chi connectivity index (χ0v) is 8.53. The predicted octanol–water partition coefficient (Wildman–Crippen LogP) is 0.516. The van der Waals surface area contributed by atoms with Crippen LogP contribution in [0, 0.1) is 0 Å². The van der Waals surface area contributed by atoms with Crippen molar-refractivity contribution in [2.45, 2.75) is 26.4 Å². The van der Waals surface area contributed by atoms with Gasteiger partial charge in [0.15, 0.2) is 0 Å². The van der Waals surface area contributed by atoms with Crippen LogP contribution in [0.15, 0.2) is 12.3 Å². The summed E-state index contributed by atoms with van der Waals surface area (Å²) in [6.45, 7) is 5.04. The molecular weight excluding hydrogens is 186 g/mol. The molecule has 0 aromatic carbocycles. The molecule has 2 N–H and O–H groups in total. The Bertz CT molecular complexity index is 240. The number of carboxylic acid groups (broad SMARTS) is 1. The summed E-state index contributed by atoms with van der Waals surface area (Å²) in [6.07, 6.45) is 2.40. The van der Waals surface area contributed by atoms with Crippen LogP contribution in [0.5, 0.6) is 0 Å². The van der Waals surface area contributed by atoms with Crippen molar-refractivity contribution in [3.8, 4) is 0 Å². The summed E-state index contributed by atoms with van der Waals surface area (Å²) < 4.78 is 4.93. The molecular formula is C9H15NO4. The summed E-state index contributed by atoms with van der Waals surface area (Å²) >= 11 is 0. The maximum absolute atomic E-state index is 11.0. The van der Waals surface area contributed by atoms with E-state index < -0.39 is 17.5 Å². The maximum atomic E-state index is 11.0. The molecule has 0 bridgehead atoms. The number of carbonyl (C=O) groups excluding carboxylic acids is 1. The van der Waals surface area contributed by atoms with Gasteiger partial charge in [-0.3, -0.25) is 4.79 Å². The largest absolute Gasteiger partial charge is 0.480 e. The van der Waals surface area contributed by atoms with Gasteiger partial charge in [-0.2, -0.15) is 0 Å². The fourth-order valence-corrected chi connectivity index (χ4v) is 0.609. The van der Waals surface area contributed by atoms with Gasteiger partial charge in [0.1, 0.15) is 12.1 Å². The van der Waals surface area contributed by atoms with Crippen molar-refractivity contribution in [1.29, 1.82) is 0 Å². The Kier molecular flexibility index (Phi) is 4.69. The highest BCUT2D eigenvalue weighted by Gasteiger charge is 2.13. The topological polar surface area (TPSA) is 75.6 Å². The van der Waals surface area contributed by atoms with E-state index in [1.165, 1.54) is 6.20 Å². The smallest absolute Gasteiger partial charge is 0.332 e. The highest BCUT2D eigenvalue weighted by Crippen LogP contribution is 2.06. The van der Waals surface area contributed by atoms with Crippen molar-refractivity contribution in [3.63, 3.8) is 0 Å². The van der Waals surface area contributed by atoms with Crippen molar-refractivity contribution in [2.75, 3.05) is 6.54 Å². The molecule has 0 rings (SSSR count). The lowest BCUT2D eigenvalue weighted by atomic mass is 10.2. The van der Waals surface area contributed by atoms with Gasteiger partial charge >= 0.3 is 11.9 Å². The highest BCUT2D eigenvalue weighted by molar-refractivity contribution is 5.82. The van der Waals surface area contributed by atoms with E-state index in [2.05, 4.69) is 5.32 Å². The van der Waals surface area contributed by atoms with Gasteiger partial charge in [0, 0.05) is 12.3 Å². The zero-order chi connectivity index (χ0) is 11.2. The van der Waals surface area contributed by atoms with E-state index in [-0.39, 0.29) is 6.54 Å². The number of nitrogens with one attached hydrogen (secondary N) is 1. The predicted molar refractivity (Wildman–Crippen MR) is 50.6 cm³/mol. The normalized spacial score (nSPS) is 11.4. The van der Waals surface area contributed by atoms with E-state index in [9.17, 15) is 9.59 Å². The molecule has 0 radical (unpaired) electrons. The van der Waals surface area contributed by atoms with Crippen molar-refractivity contribution in [1.82, 2.24) is 5.32 Å². The van der Waals surface area contributed by atoms with Crippen LogP contribution in [0.25, 0.3) is 0 Å². The summed E-state index contributed by atoms with van der Waals surface area (Å²) in [4.78, 5) is 21.1. The van der Waals surface area contributed by atoms with E-state index in [1.807, 2.05) is 0 Å². The van der Waals surface area contributed by atoms with Crippen LogP contribution in [0.1, 0.15) is 20.8 Å². The van der Waals surface area contributed by atoms with Crippen molar-refractivity contribution in [3.05, 3.63) is 12.3 Å². The number of carboxylic acids is 1. The standard InChI is InChI=1S/C9H15NO4/c1-9(2,3)14-8(13)4-5-10-6-7(11)12/h4-5,10H,6H2,1-3H3,(H,11,12). The van der Waals surface area contributed by atoms with Gasteiger partial charge in [0.25, 0.3) is 0 Å². The lowest BCUT2D eigenvalue weighted by molar-refractivity contribution is -0.148. The molecule has 14 heavy (non-hydrogen) atoms. The van der Waals surface area contributed by atoms with Gasteiger partial charge in [0.05, 0.1) is 0 Å². The SMILES string of the molecule is CC(C)(C)OC(=O)C=CNCC(=O)O. The lowest BCUT2D eigenvalue weighted by Crippen LogP contribution is -2.23. The summed E-state index contributed by atoms with van der Waals surface area (Å²) in [6, 6.07) is 0. The Morgan fingerprint density at radius 2 is 2.00 bits per heavy atom. The minimum Gasteiger partial charge on any atom is -0.480 e. The maximum Gasteiger partial charge on any atom is 0.332 e. The Hall–Kier alpha value is -1.52. The molecule has 0 unspecified atom stereocenters. The molecule has 0 saturated heterocycles. The van der Waals surface area contributed by atoms with Crippen LogP contribution in [-0.2, 0) is 14.3 Å². The summed E-state index contributed by atoms with van der Waals surface area (Å²) in [5, 5.41) is 10.7. The quantitative estimate of drug-likeness (QED) is 0.512. The number of aliphatic carboxylic acids is 1. The third kappa shape index (κ3) is 8.58. The first-order valence-electron chi connectivity index (χ1n) is 4.16. The Labute approximate surface area is 82.7 Å². The first-order chi connectivity index (χ1) is 6.31. The Balaban J connectivity index is 3.78. The number of hydrogen-bond donors (Lipinski definition) is 2. The van der Waals surface area contributed by atoms with Crippen molar-refractivity contribution < 1.29 is 19.4 Å². The average molecular weight is 201 g/mol. The molecule has 0 atom stereocenters. The third-order valence-corrected chi connectivity index (χ3v) is 0.997. The molecule has 0 aliphatic rings. The summed E-state index contributed by atoms with van der Waals surface area (Å²) in [7, 11) is 0. The first-order valence-corrected chi connectivity index (χ1v) is 4.16. The molecule has 5 nitrogen and oxygen atoms in total. The number of esters is 1. The van der Waals surface area contributed by atoms with Crippen LogP contribution in [0.4, 0.5) is 0 Å². The van der Waals surface area contributed by atoms with Gasteiger partial charge in [-0.25, -0.2) is 4.79 Å². The van der Waals surface area contributed by atoms with E-state index in [0.29, 0.717) is 0 Å². The summed E-state index contributed by atoms with van der Waals surface area (Å²) in [5.74, 6) is -1.49. The number of rotatable bonds is 4. The monoisotopic (exact) mass is 201 g/mol. The fourth-order valence-electron chi connectivity index (χ4n) is 0.609. The molecule has 0 aliphatic heterocycles. The molecule has 0 saturated carbocycles. The molecule has 5 heteroatoms. The molecule has 0 spiro atoms. The second kappa shape index (κ2) is 5.26. The molecule has 0 amide bonds. The first kappa shape index (κ1) is 12.5. The van der Waals surface area contributed by atoms with Gasteiger partial charge < -0.3 is 15.2 Å². The van der Waals surface area contributed by atoms with Crippen molar-refractivity contribution >= 4 is 11.9 Å². The average Bonchev–Trinajstić information content (AvgIpc) is 1.94. The highest BCUT2D eigenvalue weighted by atomic mass is 16.6. The molecule has 0 aromatic heterocycles. The molecule has 0 aliphatic carbocycles. The third-order valence-electron chi connectivity index (χ3n) is 0.997. The fraction of sp³-hybridized carbons (Fsp3) is 0.556. The van der Waals surface area contributed by atoms with Crippen molar-refractivity contribution in [2.24, 2.45) is 0 Å². The lowest BCUT2D eigenvalue weighted by Gasteiger charge is -2.17. The van der Waals surface area contributed by atoms with Crippen LogP contribution >= 0.6 is 0 Å². The number of carbonyl (C=O) groups is 2. The van der Waals surface area contributed by atoms with E-state index in [1.54, 1.807) is 20.8 Å². The van der Waals surface area contributed by atoms with Crippen LogP contribution in [0.3, 0.4) is 0 Å². The van der Waals surface area contributed by atoms with E-state index in [4.69, 9.17) is 9.84 Å². The summed E-state index contributed by atoms with van der Waals surface area (Å²) in [5.41, 5.74) is -0.534. The molecule has 0 fully saturated rings. The minimum absolute atomic E-state index is 0.223. The van der Waals surface area contributed by atoms with Crippen LogP contribution in [-0.4, -0.2) is 29.2 Å². The van der Waals surface area contributed by atoms with E-state index >= 15 is 0 Å².